The molecule has 2 aromatic rings. The van der Waals surface area contributed by atoms with Gasteiger partial charge in [0.05, 0.1) is 5.69 Å². The highest BCUT2D eigenvalue weighted by Crippen LogP contribution is 2.20. The third-order valence-corrected chi connectivity index (χ3v) is 3.37. The zero-order chi connectivity index (χ0) is 13.1. The molecule has 1 amide bonds. The molecule has 0 fully saturated rings. The number of benzene rings is 1. The van der Waals surface area contributed by atoms with Crippen molar-refractivity contribution in [2.24, 2.45) is 5.73 Å². The minimum atomic E-state index is -0.140. The van der Waals surface area contributed by atoms with Crippen LogP contribution in [0.15, 0.2) is 29.6 Å². The molecule has 1 atom stereocenters. The molecule has 0 aliphatic carbocycles. The summed E-state index contributed by atoms with van der Waals surface area (Å²) in [6.45, 7) is 3.77. The van der Waals surface area contributed by atoms with Crippen LogP contribution in [-0.2, 0) is 0 Å². The number of amides is 1. The van der Waals surface area contributed by atoms with E-state index >= 15 is 0 Å². The summed E-state index contributed by atoms with van der Waals surface area (Å²) in [6, 6.07) is 7.33. The predicted molar refractivity (Wildman–Crippen MR) is 73.8 cm³/mol. The van der Waals surface area contributed by atoms with E-state index in [1.165, 1.54) is 11.3 Å². The summed E-state index contributed by atoms with van der Waals surface area (Å²) in [7, 11) is 0. The standard InChI is InChI=1S/C13H15N3OS/c1-8-5-3-4-6-10(8)12(17)16-13-15-11(7-18-13)9(2)14/h3-7,9H,14H2,1-2H3,(H,15,16,17). The molecule has 0 aliphatic heterocycles. The van der Waals surface area contributed by atoms with Gasteiger partial charge in [-0.3, -0.25) is 10.1 Å². The van der Waals surface area contributed by atoms with Gasteiger partial charge in [-0.2, -0.15) is 0 Å². The number of hydrogen-bond acceptors (Lipinski definition) is 4. The van der Waals surface area contributed by atoms with Gasteiger partial charge in [0, 0.05) is 17.0 Å². The zero-order valence-corrected chi connectivity index (χ0v) is 11.1. The van der Waals surface area contributed by atoms with Crippen LogP contribution in [0.4, 0.5) is 5.13 Å². The Labute approximate surface area is 110 Å². The molecule has 0 aliphatic rings. The van der Waals surface area contributed by atoms with E-state index < -0.39 is 0 Å². The van der Waals surface area contributed by atoms with Crippen molar-refractivity contribution in [2.75, 3.05) is 5.32 Å². The van der Waals surface area contributed by atoms with E-state index in [-0.39, 0.29) is 11.9 Å². The number of carbonyl (C=O) groups excluding carboxylic acids is 1. The van der Waals surface area contributed by atoms with Crippen LogP contribution in [0.25, 0.3) is 0 Å². The Bertz CT molecular complexity index is 563. The molecule has 3 N–H and O–H groups in total. The number of hydrogen-bond donors (Lipinski definition) is 2. The number of carbonyl (C=O) groups is 1. The number of nitrogens with two attached hydrogens (primary N) is 1. The van der Waals surface area contributed by atoms with E-state index in [0.717, 1.165) is 11.3 Å². The third kappa shape index (κ3) is 2.75. The highest BCUT2D eigenvalue weighted by Gasteiger charge is 2.11. The third-order valence-electron chi connectivity index (χ3n) is 2.60. The second-order valence-electron chi connectivity index (χ2n) is 4.14. The number of aromatic nitrogens is 1. The number of nitrogens with zero attached hydrogens (tertiary/aromatic N) is 1. The number of anilines is 1. The average molecular weight is 261 g/mol. The van der Waals surface area contributed by atoms with Gasteiger partial charge in [-0.1, -0.05) is 18.2 Å². The lowest BCUT2D eigenvalue weighted by Gasteiger charge is -2.04. The van der Waals surface area contributed by atoms with E-state index in [9.17, 15) is 4.79 Å². The van der Waals surface area contributed by atoms with Gasteiger partial charge < -0.3 is 5.73 Å². The largest absolute Gasteiger partial charge is 0.323 e. The molecule has 0 saturated heterocycles. The molecule has 1 aromatic carbocycles. The van der Waals surface area contributed by atoms with Crippen molar-refractivity contribution >= 4 is 22.4 Å². The molecule has 94 valence electrons. The van der Waals surface area contributed by atoms with Crippen molar-refractivity contribution in [1.82, 2.24) is 4.98 Å². The van der Waals surface area contributed by atoms with Crippen LogP contribution in [0.1, 0.15) is 34.6 Å². The molecule has 5 heteroatoms. The number of rotatable bonds is 3. The molecule has 0 spiro atoms. The topological polar surface area (TPSA) is 68.0 Å². The molecular formula is C13H15N3OS. The maximum atomic E-state index is 12.0. The minimum Gasteiger partial charge on any atom is -0.323 e. The maximum Gasteiger partial charge on any atom is 0.257 e. The Morgan fingerprint density at radius 1 is 1.44 bits per heavy atom. The summed E-state index contributed by atoms with van der Waals surface area (Å²) in [5, 5.41) is 5.23. The molecule has 0 radical (unpaired) electrons. The Balaban J connectivity index is 2.14. The van der Waals surface area contributed by atoms with Gasteiger partial charge in [-0.15, -0.1) is 11.3 Å². The van der Waals surface area contributed by atoms with Crippen molar-refractivity contribution in [3.8, 4) is 0 Å². The van der Waals surface area contributed by atoms with Crippen LogP contribution in [0.3, 0.4) is 0 Å². The van der Waals surface area contributed by atoms with Crippen LogP contribution in [0, 0.1) is 6.92 Å². The smallest absolute Gasteiger partial charge is 0.257 e. The van der Waals surface area contributed by atoms with Crippen LogP contribution in [-0.4, -0.2) is 10.9 Å². The molecule has 1 aromatic heterocycles. The van der Waals surface area contributed by atoms with E-state index in [1.54, 1.807) is 6.07 Å². The van der Waals surface area contributed by atoms with Crippen LogP contribution in [0.5, 0.6) is 0 Å². The molecule has 1 unspecified atom stereocenters. The first-order valence-electron chi connectivity index (χ1n) is 5.66. The second-order valence-corrected chi connectivity index (χ2v) is 4.99. The van der Waals surface area contributed by atoms with Crippen molar-refractivity contribution in [3.05, 3.63) is 46.5 Å². The first kappa shape index (κ1) is 12.7. The summed E-state index contributed by atoms with van der Waals surface area (Å²) in [4.78, 5) is 16.3. The lowest BCUT2D eigenvalue weighted by atomic mass is 10.1. The monoisotopic (exact) mass is 261 g/mol. The molecular weight excluding hydrogens is 246 g/mol. The summed E-state index contributed by atoms with van der Waals surface area (Å²) in [6.07, 6.45) is 0. The van der Waals surface area contributed by atoms with Crippen molar-refractivity contribution in [3.63, 3.8) is 0 Å². The maximum absolute atomic E-state index is 12.0. The molecule has 0 bridgehead atoms. The Kier molecular flexibility index (Phi) is 3.74. The molecule has 2 rings (SSSR count). The van der Waals surface area contributed by atoms with Crippen molar-refractivity contribution < 1.29 is 4.79 Å². The van der Waals surface area contributed by atoms with Crippen LogP contribution in [0.2, 0.25) is 0 Å². The summed E-state index contributed by atoms with van der Waals surface area (Å²) in [5.41, 5.74) is 8.12. The molecule has 18 heavy (non-hydrogen) atoms. The van der Waals surface area contributed by atoms with E-state index in [4.69, 9.17) is 5.73 Å². The first-order chi connectivity index (χ1) is 8.58. The number of thiazole rings is 1. The van der Waals surface area contributed by atoms with Gasteiger partial charge in [-0.25, -0.2) is 4.98 Å². The molecule has 4 nitrogen and oxygen atoms in total. The lowest BCUT2D eigenvalue weighted by Crippen LogP contribution is -2.13. The van der Waals surface area contributed by atoms with Crippen molar-refractivity contribution in [1.29, 1.82) is 0 Å². The highest BCUT2D eigenvalue weighted by atomic mass is 32.1. The number of aryl methyl sites for hydroxylation is 1. The summed E-state index contributed by atoms with van der Waals surface area (Å²) < 4.78 is 0. The predicted octanol–water partition coefficient (Wildman–Crippen LogP) is 2.72. The fourth-order valence-corrected chi connectivity index (χ4v) is 2.35. The van der Waals surface area contributed by atoms with E-state index in [0.29, 0.717) is 10.7 Å². The average Bonchev–Trinajstić information content (AvgIpc) is 2.78. The van der Waals surface area contributed by atoms with Gasteiger partial charge in [0.1, 0.15) is 0 Å². The van der Waals surface area contributed by atoms with Crippen LogP contribution < -0.4 is 11.1 Å². The van der Waals surface area contributed by atoms with Gasteiger partial charge in [0.2, 0.25) is 0 Å². The normalized spacial score (nSPS) is 12.2. The number of nitrogens with one attached hydrogen (secondary N) is 1. The summed E-state index contributed by atoms with van der Waals surface area (Å²) >= 11 is 1.38. The minimum absolute atomic E-state index is 0.120. The van der Waals surface area contributed by atoms with Crippen LogP contribution >= 0.6 is 11.3 Å². The molecule has 1 heterocycles. The van der Waals surface area contributed by atoms with Gasteiger partial charge >= 0.3 is 0 Å². The zero-order valence-electron chi connectivity index (χ0n) is 10.3. The quantitative estimate of drug-likeness (QED) is 0.892. The van der Waals surface area contributed by atoms with Gasteiger partial charge in [0.15, 0.2) is 5.13 Å². The van der Waals surface area contributed by atoms with E-state index in [2.05, 4.69) is 10.3 Å². The SMILES string of the molecule is Cc1ccccc1C(=O)Nc1nc(C(C)N)cs1. The fraction of sp³-hybridized carbons (Fsp3) is 0.231. The Hall–Kier alpha value is -1.72. The summed E-state index contributed by atoms with van der Waals surface area (Å²) in [5.74, 6) is -0.140. The first-order valence-corrected chi connectivity index (χ1v) is 6.54. The fourth-order valence-electron chi connectivity index (χ4n) is 1.54. The van der Waals surface area contributed by atoms with Gasteiger partial charge in [0.25, 0.3) is 5.91 Å². The molecule has 0 saturated carbocycles. The lowest BCUT2D eigenvalue weighted by molar-refractivity contribution is 0.102. The van der Waals surface area contributed by atoms with E-state index in [1.807, 2.05) is 37.4 Å². The van der Waals surface area contributed by atoms with Gasteiger partial charge in [-0.05, 0) is 25.5 Å². The van der Waals surface area contributed by atoms with Crippen molar-refractivity contribution in [2.45, 2.75) is 19.9 Å². The Morgan fingerprint density at radius 3 is 2.78 bits per heavy atom. The highest BCUT2D eigenvalue weighted by molar-refractivity contribution is 7.14. The second kappa shape index (κ2) is 5.29. The Morgan fingerprint density at radius 2 is 2.17 bits per heavy atom.